The van der Waals surface area contributed by atoms with Gasteiger partial charge in [-0.05, 0) is 35.8 Å². The van der Waals surface area contributed by atoms with Gasteiger partial charge >= 0.3 is 0 Å². The molecule has 134 valence electrons. The van der Waals surface area contributed by atoms with Crippen LogP contribution < -0.4 is 0 Å². The molecule has 0 bridgehead atoms. The molecule has 0 unspecified atom stereocenters. The third-order valence-corrected chi connectivity index (χ3v) is 4.96. The van der Waals surface area contributed by atoms with Crippen molar-refractivity contribution >= 4 is 5.57 Å². The van der Waals surface area contributed by atoms with Gasteiger partial charge in [0, 0.05) is 18.0 Å². The topological polar surface area (TPSA) is 17.8 Å². The van der Waals surface area contributed by atoms with Crippen molar-refractivity contribution < 1.29 is 0 Å². The first-order chi connectivity index (χ1) is 11.8. The zero-order valence-corrected chi connectivity index (χ0v) is 16.8. The summed E-state index contributed by atoms with van der Waals surface area (Å²) in [6, 6.07) is 6.65. The van der Waals surface area contributed by atoms with E-state index in [1.54, 1.807) is 0 Å². The van der Waals surface area contributed by atoms with Gasteiger partial charge in [-0.2, -0.15) is 0 Å². The SMILES string of the molecule is C=C/C(=C(\C)C(C)C)c1nccn1-c1c(C(C)C)cccc1C(C)C. The van der Waals surface area contributed by atoms with Gasteiger partial charge < -0.3 is 0 Å². The first-order valence-electron chi connectivity index (χ1n) is 9.29. The van der Waals surface area contributed by atoms with Gasteiger partial charge in [-0.15, -0.1) is 0 Å². The lowest BCUT2D eigenvalue weighted by molar-refractivity contribution is 0.768. The molecule has 1 aromatic carbocycles. The Morgan fingerprint density at radius 3 is 2.04 bits per heavy atom. The lowest BCUT2D eigenvalue weighted by Gasteiger charge is -2.22. The second kappa shape index (κ2) is 7.86. The van der Waals surface area contributed by atoms with E-state index in [0.29, 0.717) is 17.8 Å². The van der Waals surface area contributed by atoms with Crippen molar-refractivity contribution in [3.63, 3.8) is 0 Å². The maximum Gasteiger partial charge on any atom is 0.144 e. The van der Waals surface area contributed by atoms with Gasteiger partial charge in [0.25, 0.3) is 0 Å². The van der Waals surface area contributed by atoms with E-state index in [0.717, 1.165) is 11.4 Å². The Balaban J connectivity index is 2.81. The highest BCUT2D eigenvalue weighted by molar-refractivity contribution is 5.74. The molecule has 0 aliphatic rings. The fourth-order valence-corrected chi connectivity index (χ4v) is 3.21. The lowest BCUT2D eigenvalue weighted by atomic mass is 9.92. The van der Waals surface area contributed by atoms with Gasteiger partial charge in [0.1, 0.15) is 5.82 Å². The molecular formula is C23H32N2. The van der Waals surface area contributed by atoms with Gasteiger partial charge in [0.15, 0.2) is 0 Å². The molecule has 0 fully saturated rings. The summed E-state index contributed by atoms with van der Waals surface area (Å²) in [4.78, 5) is 4.70. The number of nitrogens with zero attached hydrogens (tertiary/aromatic N) is 2. The minimum atomic E-state index is 0.450. The van der Waals surface area contributed by atoms with Crippen molar-refractivity contribution in [2.75, 3.05) is 0 Å². The number of allylic oxidation sites excluding steroid dienone is 3. The van der Waals surface area contributed by atoms with E-state index >= 15 is 0 Å². The maximum absolute atomic E-state index is 4.70. The molecular weight excluding hydrogens is 304 g/mol. The largest absolute Gasteiger partial charge is 0.299 e. The highest BCUT2D eigenvalue weighted by Gasteiger charge is 2.19. The van der Waals surface area contributed by atoms with Crippen molar-refractivity contribution in [1.82, 2.24) is 9.55 Å². The third kappa shape index (κ3) is 3.78. The highest BCUT2D eigenvalue weighted by Crippen LogP contribution is 2.34. The van der Waals surface area contributed by atoms with E-state index in [1.165, 1.54) is 22.4 Å². The first-order valence-corrected chi connectivity index (χ1v) is 9.29. The standard InChI is InChI=1S/C23H32N2/c1-9-19(18(8)15(2)3)23-24-13-14-25(23)22-20(16(4)5)11-10-12-21(22)17(6)7/h9-17H,1H2,2-8H3/b19-18-. The van der Waals surface area contributed by atoms with Crippen LogP contribution in [0.3, 0.4) is 0 Å². The zero-order chi connectivity index (χ0) is 18.7. The Labute approximate surface area is 153 Å². The van der Waals surface area contributed by atoms with Crippen LogP contribution in [0.1, 0.15) is 77.3 Å². The molecule has 0 atom stereocenters. The smallest absolute Gasteiger partial charge is 0.144 e. The normalized spacial score (nSPS) is 12.9. The summed E-state index contributed by atoms with van der Waals surface area (Å²) in [6.07, 6.45) is 5.92. The summed E-state index contributed by atoms with van der Waals surface area (Å²) in [5, 5.41) is 0. The summed E-state index contributed by atoms with van der Waals surface area (Å²) in [7, 11) is 0. The molecule has 1 aromatic heterocycles. The van der Waals surface area contributed by atoms with Crippen molar-refractivity contribution in [1.29, 1.82) is 0 Å². The summed E-state index contributed by atoms with van der Waals surface area (Å²) in [6.45, 7) is 19.7. The van der Waals surface area contributed by atoms with Crippen LogP contribution in [-0.4, -0.2) is 9.55 Å². The number of rotatable bonds is 6. The van der Waals surface area contributed by atoms with Gasteiger partial charge in [0.2, 0.25) is 0 Å². The summed E-state index contributed by atoms with van der Waals surface area (Å²) in [5.41, 5.74) is 6.44. The minimum Gasteiger partial charge on any atom is -0.299 e. The summed E-state index contributed by atoms with van der Waals surface area (Å²) in [5.74, 6) is 2.34. The number of imidazole rings is 1. The average Bonchev–Trinajstić information content (AvgIpc) is 3.03. The van der Waals surface area contributed by atoms with Crippen LogP contribution in [0.2, 0.25) is 0 Å². The molecule has 2 rings (SSSR count). The quantitative estimate of drug-likeness (QED) is 0.534. The molecule has 0 spiro atoms. The molecule has 2 aromatic rings. The molecule has 2 nitrogen and oxygen atoms in total. The Kier molecular flexibility index (Phi) is 6.05. The van der Waals surface area contributed by atoms with Crippen LogP contribution >= 0.6 is 0 Å². The molecule has 0 aliphatic heterocycles. The fraction of sp³-hybridized carbons (Fsp3) is 0.435. The predicted molar refractivity (Wildman–Crippen MR) is 109 cm³/mol. The van der Waals surface area contributed by atoms with E-state index < -0.39 is 0 Å². The predicted octanol–water partition coefficient (Wildman–Crippen LogP) is 6.73. The van der Waals surface area contributed by atoms with Crippen LogP contribution in [0.15, 0.2) is 48.8 Å². The summed E-state index contributed by atoms with van der Waals surface area (Å²) < 4.78 is 2.26. The van der Waals surface area contributed by atoms with Gasteiger partial charge in [-0.1, -0.05) is 78.0 Å². The van der Waals surface area contributed by atoms with Gasteiger partial charge in [0.05, 0.1) is 5.69 Å². The van der Waals surface area contributed by atoms with E-state index in [2.05, 4.69) is 84.0 Å². The van der Waals surface area contributed by atoms with Crippen molar-refractivity contribution in [2.45, 2.75) is 60.3 Å². The molecule has 2 heteroatoms. The van der Waals surface area contributed by atoms with Crippen molar-refractivity contribution in [2.24, 2.45) is 5.92 Å². The number of hydrogen-bond donors (Lipinski definition) is 0. The molecule has 0 radical (unpaired) electrons. The number of para-hydroxylation sites is 1. The van der Waals surface area contributed by atoms with Crippen LogP contribution in [0.4, 0.5) is 0 Å². The van der Waals surface area contributed by atoms with Crippen LogP contribution in [0.25, 0.3) is 11.3 Å². The monoisotopic (exact) mass is 336 g/mol. The first kappa shape index (κ1) is 19.2. The zero-order valence-electron chi connectivity index (χ0n) is 16.8. The lowest BCUT2D eigenvalue weighted by Crippen LogP contribution is -2.10. The number of hydrogen-bond acceptors (Lipinski definition) is 1. The fourth-order valence-electron chi connectivity index (χ4n) is 3.21. The number of aromatic nitrogens is 2. The minimum absolute atomic E-state index is 0.450. The average molecular weight is 337 g/mol. The maximum atomic E-state index is 4.70. The van der Waals surface area contributed by atoms with Gasteiger partial charge in [-0.25, -0.2) is 4.98 Å². The molecule has 0 saturated heterocycles. The highest BCUT2D eigenvalue weighted by atomic mass is 15.1. The van der Waals surface area contributed by atoms with E-state index in [-0.39, 0.29) is 0 Å². The molecule has 0 saturated carbocycles. The molecule has 25 heavy (non-hydrogen) atoms. The number of benzene rings is 1. The van der Waals surface area contributed by atoms with Crippen LogP contribution in [0, 0.1) is 5.92 Å². The third-order valence-electron chi connectivity index (χ3n) is 4.96. The van der Waals surface area contributed by atoms with Crippen molar-refractivity contribution in [3.8, 4) is 5.69 Å². The molecule has 0 aliphatic carbocycles. The van der Waals surface area contributed by atoms with Gasteiger partial charge in [-0.3, -0.25) is 4.57 Å². The Bertz CT molecular complexity index is 747. The second-order valence-electron chi connectivity index (χ2n) is 7.67. The van der Waals surface area contributed by atoms with E-state index in [4.69, 9.17) is 4.98 Å². The molecule has 1 heterocycles. The Morgan fingerprint density at radius 1 is 1.04 bits per heavy atom. The Hall–Kier alpha value is -2.09. The van der Waals surface area contributed by atoms with E-state index in [9.17, 15) is 0 Å². The molecule has 0 N–H and O–H groups in total. The second-order valence-corrected chi connectivity index (χ2v) is 7.67. The molecule has 0 amide bonds. The Morgan fingerprint density at radius 2 is 1.60 bits per heavy atom. The van der Waals surface area contributed by atoms with Crippen LogP contribution in [-0.2, 0) is 0 Å². The van der Waals surface area contributed by atoms with E-state index in [1.807, 2.05) is 12.3 Å². The van der Waals surface area contributed by atoms with Crippen molar-refractivity contribution in [3.05, 3.63) is 65.8 Å². The van der Waals surface area contributed by atoms with Crippen LogP contribution in [0.5, 0.6) is 0 Å². The summed E-state index contributed by atoms with van der Waals surface area (Å²) >= 11 is 0.